The number of carbonyl (C=O) groups is 1. The molecular formula is C30H25IN2O3S. The summed E-state index contributed by atoms with van der Waals surface area (Å²) in [5.41, 5.74) is 3.91. The van der Waals surface area contributed by atoms with Crippen LogP contribution in [0.25, 0.3) is 16.8 Å². The molecule has 4 aromatic carbocycles. The lowest BCUT2D eigenvalue weighted by Gasteiger charge is -2.15. The van der Waals surface area contributed by atoms with Gasteiger partial charge >= 0.3 is 0 Å². The lowest BCUT2D eigenvalue weighted by molar-refractivity contribution is -0.115. The zero-order valence-corrected chi connectivity index (χ0v) is 23.4. The van der Waals surface area contributed by atoms with Gasteiger partial charge in [0.05, 0.1) is 20.8 Å². The SMILES string of the molecule is CCOc1cc(/C=C2/SC(=Nc3ccc(C)cc3)NC2=O)cc(I)c1OCc1ccc2ccccc2c1. The highest BCUT2D eigenvalue weighted by Gasteiger charge is 2.24. The van der Waals surface area contributed by atoms with Gasteiger partial charge in [0.1, 0.15) is 6.61 Å². The van der Waals surface area contributed by atoms with Gasteiger partial charge in [-0.3, -0.25) is 4.79 Å². The second-order valence-corrected chi connectivity index (χ2v) is 10.7. The molecule has 1 fully saturated rings. The molecule has 0 radical (unpaired) electrons. The van der Waals surface area contributed by atoms with Crippen molar-refractivity contribution in [2.24, 2.45) is 4.99 Å². The molecule has 37 heavy (non-hydrogen) atoms. The Morgan fingerprint density at radius 1 is 0.973 bits per heavy atom. The molecule has 0 spiro atoms. The van der Waals surface area contributed by atoms with E-state index in [1.54, 1.807) is 0 Å². The van der Waals surface area contributed by atoms with Crippen LogP contribution >= 0.6 is 34.4 Å². The quantitative estimate of drug-likeness (QED) is 0.171. The van der Waals surface area contributed by atoms with Crippen molar-refractivity contribution in [3.05, 3.63) is 104 Å². The van der Waals surface area contributed by atoms with Crippen molar-refractivity contribution in [2.75, 3.05) is 6.61 Å². The van der Waals surface area contributed by atoms with Gasteiger partial charge in [-0.1, -0.05) is 54.1 Å². The Labute approximate surface area is 234 Å². The maximum atomic E-state index is 12.6. The molecule has 1 aliphatic rings. The summed E-state index contributed by atoms with van der Waals surface area (Å²) in [6.45, 7) is 4.91. The van der Waals surface area contributed by atoms with Gasteiger partial charge in [-0.2, -0.15) is 0 Å². The predicted molar refractivity (Wildman–Crippen MR) is 161 cm³/mol. The average molecular weight is 621 g/mol. The third-order valence-electron chi connectivity index (χ3n) is 5.74. The van der Waals surface area contributed by atoms with Crippen molar-refractivity contribution in [3.8, 4) is 11.5 Å². The van der Waals surface area contributed by atoms with E-state index in [1.165, 1.54) is 22.5 Å². The zero-order chi connectivity index (χ0) is 25.8. The van der Waals surface area contributed by atoms with Gasteiger partial charge in [0.2, 0.25) is 0 Å². The predicted octanol–water partition coefficient (Wildman–Crippen LogP) is 7.62. The van der Waals surface area contributed by atoms with E-state index in [0.717, 1.165) is 25.9 Å². The number of benzene rings is 4. The molecule has 1 N–H and O–H groups in total. The summed E-state index contributed by atoms with van der Waals surface area (Å²) < 4.78 is 13.1. The number of amidine groups is 1. The van der Waals surface area contributed by atoms with Crippen LogP contribution in [0.3, 0.4) is 0 Å². The van der Waals surface area contributed by atoms with Crippen molar-refractivity contribution >= 4 is 68.0 Å². The first kappa shape index (κ1) is 25.4. The van der Waals surface area contributed by atoms with Crippen molar-refractivity contribution in [1.29, 1.82) is 0 Å². The summed E-state index contributed by atoms with van der Waals surface area (Å²) >= 11 is 3.58. The third kappa shape index (κ3) is 6.17. The van der Waals surface area contributed by atoms with Crippen LogP contribution in [-0.4, -0.2) is 17.7 Å². The number of aliphatic imine (C=N–C) groups is 1. The molecule has 1 saturated heterocycles. The molecule has 1 heterocycles. The first-order valence-corrected chi connectivity index (χ1v) is 13.8. The lowest BCUT2D eigenvalue weighted by atomic mass is 10.1. The monoisotopic (exact) mass is 620 g/mol. The molecule has 0 bridgehead atoms. The van der Waals surface area contributed by atoms with E-state index in [4.69, 9.17) is 9.47 Å². The fraction of sp³-hybridized carbons (Fsp3) is 0.133. The van der Waals surface area contributed by atoms with E-state index in [2.05, 4.69) is 63.2 Å². The number of halogens is 1. The van der Waals surface area contributed by atoms with Gasteiger partial charge in [0.15, 0.2) is 16.7 Å². The van der Waals surface area contributed by atoms with Crippen molar-refractivity contribution in [1.82, 2.24) is 5.32 Å². The number of rotatable bonds is 7. The van der Waals surface area contributed by atoms with Gasteiger partial charge in [0, 0.05) is 0 Å². The average Bonchev–Trinajstić information content (AvgIpc) is 3.23. The summed E-state index contributed by atoms with van der Waals surface area (Å²) in [5.74, 6) is 1.18. The molecular weight excluding hydrogens is 595 g/mol. The summed E-state index contributed by atoms with van der Waals surface area (Å²) in [6.07, 6.45) is 1.86. The number of ether oxygens (including phenoxy) is 2. The standard InChI is InChI=1S/C30H25IN2O3S/c1-3-35-26-16-21(17-27-29(34)33-30(37-27)32-24-12-8-19(2)9-13-24)15-25(31)28(26)36-18-20-10-11-22-6-4-5-7-23(22)14-20/h4-17H,3,18H2,1-2H3,(H,32,33,34)/b27-17+. The van der Waals surface area contributed by atoms with Crippen LogP contribution in [0.4, 0.5) is 5.69 Å². The second kappa shape index (κ2) is 11.4. The Kier molecular flexibility index (Phi) is 7.81. The molecule has 1 amide bonds. The molecule has 5 rings (SSSR count). The highest BCUT2D eigenvalue weighted by Crippen LogP contribution is 2.37. The van der Waals surface area contributed by atoms with Gasteiger partial charge in [-0.05, 0) is 107 Å². The van der Waals surface area contributed by atoms with E-state index in [0.29, 0.717) is 34.8 Å². The minimum absolute atomic E-state index is 0.166. The number of thioether (sulfide) groups is 1. The highest BCUT2D eigenvalue weighted by molar-refractivity contribution is 14.1. The smallest absolute Gasteiger partial charge is 0.264 e. The van der Waals surface area contributed by atoms with Crippen molar-refractivity contribution in [3.63, 3.8) is 0 Å². The molecule has 0 atom stereocenters. The Morgan fingerprint density at radius 2 is 1.76 bits per heavy atom. The number of hydrogen-bond acceptors (Lipinski definition) is 5. The van der Waals surface area contributed by atoms with Crippen LogP contribution < -0.4 is 14.8 Å². The van der Waals surface area contributed by atoms with Gasteiger partial charge in [-0.25, -0.2) is 4.99 Å². The highest BCUT2D eigenvalue weighted by atomic mass is 127. The molecule has 7 heteroatoms. The number of nitrogens with zero attached hydrogens (tertiary/aromatic N) is 1. The van der Waals surface area contributed by atoms with E-state index in [1.807, 2.05) is 68.5 Å². The second-order valence-electron chi connectivity index (χ2n) is 8.55. The van der Waals surface area contributed by atoms with E-state index in [9.17, 15) is 4.79 Å². The first-order valence-electron chi connectivity index (χ1n) is 11.9. The number of nitrogens with one attached hydrogen (secondary N) is 1. The largest absolute Gasteiger partial charge is 0.490 e. The van der Waals surface area contributed by atoms with Crippen LogP contribution in [0, 0.1) is 10.5 Å². The van der Waals surface area contributed by atoms with Crippen molar-refractivity contribution < 1.29 is 14.3 Å². The summed E-state index contributed by atoms with van der Waals surface area (Å²) in [5, 5.41) is 5.80. The molecule has 0 aliphatic carbocycles. The number of fused-ring (bicyclic) bond motifs is 1. The van der Waals surface area contributed by atoms with Crippen LogP contribution in [0.1, 0.15) is 23.6 Å². The zero-order valence-electron chi connectivity index (χ0n) is 20.5. The molecule has 4 aromatic rings. The minimum Gasteiger partial charge on any atom is -0.490 e. The lowest BCUT2D eigenvalue weighted by Crippen LogP contribution is -2.19. The normalized spacial score (nSPS) is 15.4. The van der Waals surface area contributed by atoms with Crippen LogP contribution in [-0.2, 0) is 11.4 Å². The molecule has 5 nitrogen and oxygen atoms in total. The van der Waals surface area contributed by atoms with Gasteiger partial charge in [0.25, 0.3) is 5.91 Å². The summed E-state index contributed by atoms with van der Waals surface area (Å²) in [4.78, 5) is 17.7. The molecule has 0 saturated carbocycles. The van der Waals surface area contributed by atoms with Gasteiger partial charge in [-0.15, -0.1) is 0 Å². The Balaban J connectivity index is 1.36. The third-order valence-corrected chi connectivity index (χ3v) is 7.45. The fourth-order valence-electron chi connectivity index (χ4n) is 3.93. The van der Waals surface area contributed by atoms with Crippen LogP contribution in [0.5, 0.6) is 11.5 Å². The minimum atomic E-state index is -0.166. The summed E-state index contributed by atoms with van der Waals surface area (Å²) in [7, 11) is 0. The number of aryl methyl sites for hydroxylation is 1. The fourth-order valence-corrected chi connectivity index (χ4v) is 5.55. The first-order chi connectivity index (χ1) is 18.0. The molecule has 186 valence electrons. The Morgan fingerprint density at radius 3 is 2.54 bits per heavy atom. The topological polar surface area (TPSA) is 59.9 Å². The van der Waals surface area contributed by atoms with E-state index >= 15 is 0 Å². The maximum Gasteiger partial charge on any atom is 0.264 e. The van der Waals surface area contributed by atoms with Crippen molar-refractivity contribution in [2.45, 2.75) is 20.5 Å². The molecule has 1 aliphatic heterocycles. The number of amides is 1. The molecule has 0 aromatic heterocycles. The Hall–Kier alpha value is -3.30. The summed E-state index contributed by atoms with van der Waals surface area (Å²) in [6, 6.07) is 26.4. The van der Waals surface area contributed by atoms with Gasteiger partial charge < -0.3 is 14.8 Å². The van der Waals surface area contributed by atoms with E-state index in [-0.39, 0.29) is 5.91 Å². The number of carbonyl (C=O) groups excluding carboxylic acids is 1. The maximum absolute atomic E-state index is 12.6. The van der Waals surface area contributed by atoms with Crippen LogP contribution in [0.15, 0.2) is 88.8 Å². The van der Waals surface area contributed by atoms with Crippen LogP contribution in [0.2, 0.25) is 0 Å². The molecule has 0 unspecified atom stereocenters. The van der Waals surface area contributed by atoms with E-state index < -0.39 is 0 Å². The Bertz CT molecular complexity index is 1530. The number of hydrogen-bond donors (Lipinski definition) is 1.